The molecule has 3 aromatic rings. The number of nitrogens with one attached hydrogen (secondary N) is 1. The van der Waals surface area contributed by atoms with Crippen molar-refractivity contribution < 1.29 is 13.2 Å². The van der Waals surface area contributed by atoms with Gasteiger partial charge in [0.05, 0.1) is 15.5 Å². The average molecular weight is 465 g/mol. The lowest BCUT2D eigenvalue weighted by atomic mass is 10.3. The molecule has 30 heavy (non-hydrogen) atoms. The summed E-state index contributed by atoms with van der Waals surface area (Å²) in [5.74, 6) is 6.33. The minimum Gasteiger partial charge on any atom is -0.335 e. The van der Waals surface area contributed by atoms with E-state index < -0.39 is 10.0 Å². The number of nitrogens with zero attached hydrogens (tertiary/aromatic N) is 4. The molecule has 1 aliphatic heterocycles. The minimum absolute atomic E-state index is 0.0584. The van der Waals surface area contributed by atoms with Gasteiger partial charge >= 0.3 is 0 Å². The molecule has 3 heterocycles. The van der Waals surface area contributed by atoms with Crippen molar-refractivity contribution >= 4 is 44.7 Å². The van der Waals surface area contributed by atoms with Crippen LogP contribution in [0.1, 0.15) is 12.8 Å². The van der Waals surface area contributed by atoms with E-state index in [-0.39, 0.29) is 16.6 Å². The molecule has 1 amide bonds. The Hall–Kier alpha value is -2.41. The Labute approximate surface area is 182 Å². The van der Waals surface area contributed by atoms with Gasteiger partial charge in [0, 0.05) is 18.8 Å². The molecule has 9 nitrogen and oxygen atoms in total. The van der Waals surface area contributed by atoms with Crippen molar-refractivity contribution in [3.8, 4) is 10.7 Å². The molecular weight excluding hydrogens is 444 g/mol. The predicted octanol–water partition coefficient (Wildman–Crippen LogP) is 2.24. The highest BCUT2D eigenvalue weighted by Crippen LogP contribution is 2.26. The second-order valence-corrected chi connectivity index (χ2v) is 10.5. The number of hydrogen-bond donors (Lipinski definition) is 2. The number of amides is 1. The van der Waals surface area contributed by atoms with Gasteiger partial charge < -0.3 is 11.2 Å². The van der Waals surface area contributed by atoms with Crippen molar-refractivity contribution in [2.24, 2.45) is 0 Å². The van der Waals surface area contributed by atoms with E-state index in [1.807, 2.05) is 17.5 Å². The summed E-state index contributed by atoms with van der Waals surface area (Å²) in [6, 6.07) is 10.1. The van der Waals surface area contributed by atoms with Crippen molar-refractivity contribution in [2.75, 3.05) is 30.0 Å². The Morgan fingerprint density at radius 3 is 2.73 bits per heavy atom. The van der Waals surface area contributed by atoms with E-state index in [1.54, 1.807) is 18.2 Å². The molecule has 0 spiro atoms. The molecule has 3 N–H and O–H groups in total. The first-order chi connectivity index (χ1) is 14.4. The van der Waals surface area contributed by atoms with Gasteiger partial charge in [-0.05, 0) is 42.5 Å². The van der Waals surface area contributed by atoms with Crippen molar-refractivity contribution in [2.45, 2.75) is 22.9 Å². The predicted molar refractivity (Wildman–Crippen MR) is 117 cm³/mol. The van der Waals surface area contributed by atoms with Gasteiger partial charge in [-0.2, -0.15) is 4.31 Å². The number of aromatic nitrogens is 3. The van der Waals surface area contributed by atoms with Crippen LogP contribution < -0.4 is 11.2 Å². The first-order valence-corrected chi connectivity index (χ1v) is 12.5. The molecule has 1 aliphatic rings. The summed E-state index contributed by atoms with van der Waals surface area (Å²) < 4.78 is 28.2. The maximum atomic E-state index is 12.7. The van der Waals surface area contributed by atoms with Gasteiger partial charge in [-0.3, -0.25) is 4.79 Å². The van der Waals surface area contributed by atoms with Gasteiger partial charge in [-0.15, -0.1) is 21.5 Å². The van der Waals surface area contributed by atoms with Gasteiger partial charge in [0.15, 0.2) is 5.82 Å². The summed E-state index contributed by atoms with van der Waals surface area (Å²) in [7, 11) is -3.54. The van der Waals surface area contributed by atoms with Gasteiger partial charge in [-0.25, -0.2) is 13.1 Å². The van der Waals surface area contributed by atoms with E-state index in [4.69, 9.17) is 5.84 Å². The fourth-order valence-corrected chi connectivity index (χ4v) is 6.01. The number of benzene rings is 1. The Morgan fingerprint density at radius 2 is 2.00 bits per heavy atom. The molecule has 1 aromatic carbocycles. The number of carbonyl (C=O) groups excluding carboxylic acids is 1. The summed E-state index contributed by atoms with van der Waals surface area (Å²) in [6.45, 7) is 1.06. The molecular formula is C18H20N6O3S3. The van der Waals surface area contributed by atoms with E-state index >= 15 is 0 Å². The average Bonchev–Trinajstić information content (AvgIpc) is 3.49. The molecule has 0 bridgehead atoms. The Balaban J connectivity index is 1.39. The van der Waals surface area contributed by atoms with Crippen LogP contribution in [-0.2, 0) is 14.8 Å². The zero-order valence-corrected chi connectivity index (χ0v) is 18.3. The number of sulfonamides is 1. The smallest absolute Gasteiger partial charge is 0.243 e. The third-order valence-electron chi connectivity index (χ3n) is 4.56. The molecule has 1 fully saturated rings. The van der Waals surface area contributed by atoms with Gasteiger partial charge in [0.2, 0.25) is 21.1 Å². The topological polar surface area (TPSA) is 123 Å². The van der Waals surface area contributed by atoms with Crippen LogP contribution >= 0.6 is 23.1 Å². The lowest BCUT2D eigenvalue weighted by Crippen LogP contribution is -2.28. The molecule has 0 aliphatic carbocycles. The van der Waals surface area contributed by atoms with E-state index in [0.29, 0.717) is 29.8 Å². The first kappa shape index (κ1) is 20.8. The highest BCUT2D eigenvalue weighted by Gasteiger charge is 2.27. The van der Waals surface area contributed by atoms with Crippen LogP contribution in [0.25, 0.3) is 10.7 Å². The van der Waals surface area contributed by atoms with Crippen LogP contribution in [0.3, 0.4) is 0 Å². The maximum absolute atomic E-state index is 12.7. The number of anilines is 1. The molecule has 0 unspecified atom stereocenters. The third kappa shape index (κ3) is 4.36. The zero-order valence-electron chi connectivity index (χ0n) is 15.9. The quantitative estimate of drug-likeness (QED) is 0.406. The molecule has 4 rings (SSSR count). The minimum atomic E-state index is -3.54. The van der Waals surface area contributed by atoms with Crippen molar-refractivity contribution in [3.05, 3.63) is 41.8 Å². The van der Waals surface area contributed by atoms with Crippen LogP contribution in [0.2, 0.25) is 0 Å². The summed E-state index contributed by atoms with van der Waals surface area (Å²) in [5.41, 5.74) is 0.425. The summed E-state index contributed by atoms with van der Waals surface area (Å²) in [4.78, 5) is 13.4. The van der Waals surface area contributed by atoms with Crippen molar-refractivity contribution in [1.29, 1.82) is 0 Å². The van der Waals surface area contributed by atoms with Crippen molar-refractivity contribution in [1.82, 2.24) is 19.2 Å². The monoisotopic (exact) mass is 464 g/mol. The van der Waals surface area contributed by atoms with Gasteiger partial charge in [0.25, 0.3) is 0 Å². The number of thiophene rings is 1. The van der Waals surface area contributed by atoms with Crippen LogP contribution in [0, 0.1) is 0 Å². The third-order valence-corrected chi connectivity index (χ3v) is 8.26. The SMILES string of the molecule is Nn1c(SCC(=O)Nc2cccc(S(=O)(=O)N3CCCC3)c2)nnc1-c1cccs1. The highest BCUT2D eigenvalue weighted by molar-refractivity contribution is 7.99. The standard InChI is InChI=1S/C18H20N6O3S3/c19-24-17(15-7-4-10-28-15)21-22-18(24)29-12-16(25)20-13-5-3-6-14(11-13)30(26,27)23-8-1-2-9-23/h3-7,10-11H,1-2,8-9,12,19H2,(H,20,25). The summed E-state index contributed by atoms with van der Waals surface area (Å²) in [5, 5.41) is 13.2. The Morgan fingerprint density at radius 1 is 1.20 bits per heavy atom. The number of thioether (sulfide) groups is 1. The fourth-order valence-electron chi connectivity index (χ4n) is 3.09. The first-order valence-electron chi connectivity index (χ1n) is 9.22. The second-order valence-electron chi connectivity index (χ2n) is 6.63. The largest absolute Gasteiger partial charge is 0.335 e. The van der Waals surface area contributed by atoms with Crippen LogP contribution in [-0.4, -0.2) is 52.3 Å². The molecule has 0 saturated carbocycles. The lowest BCUT2D eigenvalue weighted by Gasteiger charge is -2.16. The van der Waals surface area contributed by atoms with Gasteiger partial charge in [-0.1, -0.05) is 23.9 Å². The van der Waals surface area contributed by atoms with E-state index in [9.17, 15) is 13.2 Å². The molecule has 158 valence electrons. The van der Waals surface area contributed by atoms with Crippen molar-refractivity contribution in [3.63, 3.8) is 0 Å². The number of nitrogens with two attached hydrogens (primary N) is 1. The normalized spacial score (nSPS) is 14.8. The van der Waals surface area contributed by atoms with E-state index in [2.05, 4.69) is 15.5 Å². The number of carbonyl (C=O) groups is 1. The Bertz CT molecular complexity index is 1140. The van der Waals surface area contributed by atoms with E-state index in [0.717, 1.165) is 29.5 Å². The summed E-state index contributed by atoms with van der Waals surface area (Å²) in [6.07, 6.45) is 1.74. The molecule has 2 aromatic heterocycles. The summed E-state index contributed by atoms with van der Waals surface area (Å²) >= 11 is 2.65. The Kier molecular flexibility index (Phi) is 6.09. The lowest BCUT2D eigenvalue weighted by molar-refractivity contribution is -0.113. The highest BCUT2D eigenvalue weighted by atomic mass is 32.2. The van der Waals surface area contributed by atoms with Crippen LogP contribution in [0.5, 0.6) is 0 Å². The van der Waals surface area contributed by atoms with E-state index in [1.165, 1.54) is 26.4 Å². The second kappa shape index (κ2) is 8.76. The number of hydrogen-bond acceptors (Lipinski definition) is 8. The maximum Gasteiger partial charge on any atom is 0.243 e. The molecule has 0 atom stereocenters. The van der Waals surface area contributed by atoms with Gasteiger partial charge in [0.1, 0.15) is 0 Å². The van der Waals surface area contributed by atoms with Crippen LogP contribution in [0.4, 0.5) is 5.69 Å². The number of nitrogen functional groups attached to an aromatic ring is 1. The molecule has 0 radical (unpaired) electrons. The zero-order chi connectivity index (χ0) is 21.1. The fraction of sp³-hybridized carbons (Fsp3) is 0.278. The molecule has 1 saturated heterocycles. The van der Waals surface area contributed by atoms with Crippen LogP contribution in [0.15, 0.2) is 51.8 Å². The molecule has 12 heteroatoms. The number of rotatable bonds is 7.